The molecule has 1 aliphatic heterocycles. The van der Waals surface area contributed by atoms with E-state index in [1.807, 2.05) is 36.1 Å². The summed E-state index contributed by atoms with van der Waals surface area (Å²) < 4.78 is 5.48. The molecule has 4 rings (SSSR count). The molecule has 1 saturated heterocycles. The number of aryl methyl sites for hydroxylation is 1. The van der Waals surface area contributed by atoms with Crippen LogP contribution in [-0.2, 0) is 0 Å². The molecule has 126 valence electrons. The minimum atomic E-state index is -0.174. The lowest BCUT2D eigenvalue weighted by Crippen LogP contribution is -2.30. The molecule has 1 atom stereocenters. The molecule has 6 heteroatoms. The molecule has 0 N–H and O–H groups in total. The van der Waals surface area contributed by atoms with Gasteiger partial charge in [-0.3, -0.25) is 9.78 Å². The Morgan fingerprint density at radius 1 is 1.16 bits per heavy atom. The van der Waals surface area contributed by atoms with E-state index in [2.05, 4.69) is 15.1 Å². The molecular formula is C19H18N4O2. The Morgan fingerprint density at radius 2 is 1.92 bits per heavy atom. The van der Waals surface area contributed by atoms with Crippen molar-refractivity contribution in [2.75, 3.05) is 6.54 Å². The van der Waals surface area contributed by atoms with Crippen LogP contribution in [0.4, 0.5) is 0 Å². The van der Waals surface area contributed by atoms with Crippen molar-refractivity contribution in [3.63, 3.8) is 0 Å². The van der Waals surface area contributed by atoms with Crippen LogP contribution in [0.25, 0.3) is 11.4 Å². The van der Waals surface area contributed by atoms with Gasteiger partial charge in [0.15, 0.2) is 0 Å². The van der Waals surface area contributed by atoms with Gasteiger partial charge in [0.05, 0.1) is 0 Å². The summed E-state index contributed by atoms with van der Waals surface area (Å²) in [4.78, 5) is 23.1. The van der Waals surface area contributed by atoms with Gasteiger partial charge in [0.1, 0.15) is 6.04 Å². The lowest BCUT2D eigenvalue weighted by Gasteiger charge is -2.21. The third kappa shape index (κ3) is 3.03. The van der Waals surface area contributed by atoms with Crippen molar-refractivity contribution >= 4 is 5.91 Å². The molecule has 1 aromatic carbocycles. The Labute approximate surface area is 145 Å². The summed E-state index contributed by atoms with van der Waals surface area (Å²) in [5, 5.41) is 4.09. The first-order valence-corrected chi connectivity index (χ1v) is 8.34. The topological polar surface area (TPSA) is 72.1 Å². The monoisotopic (exact) mass is 334 g/mol. The zero-order valence-electron chi connectivity index (χ0n) is 13.9. The van der Waals surface area contributed by atoms with Gasteiger partial charge < -0.3 is 9.42 Å². The molecule has 0 aliphatic carbocycles. The van der Waals surface area contributed by atoms with E-state index >= 15 is 0 Å². The van der Waals surface area contributed by atoms with Crippen LogP contribution in [0.1, 0.15) is 40.7 Å². The van der Waals surface area contributed by atoms with E-state index in [9.17, 15) is 4.79 Å². The fourth-order valence-electron chi connectivity index (χ4n) is 3.12. The van der Waals surface area contributed by atoms with Crippen LogP contribution >= 0.6 is 0 Å². The van der Waals surface area contributed by atoms with E-state index in [4.69, 9.17) is 4.52 Å². The number of amides is 1. The van der Waals surface area contributed by atoms with Gasteiger partial charge in [0.2, 0.25) is 11.7 Å². The van der Waals surface area contributed by atoms with Crippen molar-refractivity contribution in [3.05, 3.63) is 65.8 Å². The first-order chi connectivity index (χ1) is 12.2. The van der Waals surface area contributed by atoms with Crippen LogP contribution in [0.3, 0.4) is 0 Å². The van der Waals surface area contributed by atoms with Gasteiger partial charge in [0, 0.05) is 30.1 Å². The third-order valence-corrected chi connectivity index (χ3v) is 4.48. The second-order valence-corrected chi connectivity index (χ2v) is 6.21. The van der Waals surface area contributed by atoms with Crippen LogP contribution in [0.5, 0.6) is 0 Å². The van der Waals surface area contributed by atoms with Gasteiger partial charge in [-0.1, -0.05) is 35.0 Å². The average molecular weight is 334 g/mol. The van der Waals surface area contributed by atoms with Gasteiger partial charge in [-0.15, -0.1) is 0 Å². The van der Waals surface area contributed by atoms with Crippen molar-refractivity contribution in [3.8, 4) is 11.4 Å². The number of carbonyl (C=O) groups excluding carboxylic acids is 1. The highest BCUT2D eigenvalue weighted by Gasteiger charge is 2.34. The number of nitrogens with zero attached hydrogens (tertiary/aromatic N) is 4. The summed E-state index contributed by atoms with van der Waals surface area (Å²) in [6, 6.07) is 11.2. The Kier molecular flexibility index (Phi) is 4.01. The summed E-state index contributed by atoms with van der Waals surface area (Å²) in [5.74, 6) is 1.02. The van der Waals surface area contributed by atoms with Crippen LogP contribution in [0.2, 0.25) is 0 Å². The zero-order valence-corrected chi connectivity index (χ0v) is 13.9. The van der Waals surface area contributed by atoms with Crippen molar-refractivity contribution in [2.45, 2.75) is 25.8 Å². The van der Waals surface area contributed by atoms with E-state index in [0.717, 1.165) is 18.4 Å². The molecular weight excluding hydrogens is 316 g/mol. The molecule has 1 aliphatic rings. The molecule has 1 fully saturated rings. The van der Waals surface area contributed by atoms with E-state index < -0.39 is 0 Å². The molecule has 2 aromatic heterocycles. The number of rotatable bonds is 3. The Balaban J connectivity index is 1.59. The Bertz CT molecular complexity index is 874. The number of likely N-dealkylation sites (tertiary alicyclic amines) is 1. The van der Waals surface area contributed by atoms with Gasteiger partial charge >= 0.3 is 0 Å². The molecule has 6 nitrogen and oxygen atoms in total. The molecule has 0 unspecified atom stereocenters. The molecule has 1 amide bonds. The van der Waals surface area contributed by atoms with Gasteiger partial charge in [-0.25, -0.2) is 0 Å². The maximum Gasteiger partial charge on any atom is 0.254 e. The minimum absolute atomic E-state index is 0.0278. The van der Waals surface area contributed by atoms with Gasteiger partial charge in [-0.05, 0) is 31.9 Å². The number of benzene rings is 1. The zero-order chi connectivity index (χ0) is 17.2. The lowest BCUT2D eigenvalue weighted by molar-refractivity contribution is 0.0710. The molecule has 3 heterocycles. The molecule has 0 radical (unpaired) electrons. The van der Waals surface area contributed by atoms with E-state index in [-0.39, 0.29) is 11.9 Å². The Hall–Kier alpha value is -3.02. The number of carbonyl (C=O) groups is 1. The fourth-order valence-corrected chi connectivity index (χ4v) is 3.12. The highest BCUT2D eigenvalue weighted by Crippen LogP contribution is 2.33. The summed E-state index contributed by atoms with van der Waals surface area (Å²) in [5.41, 5.74) is 2.71. The number of hydrogen-bond acceptors (Lipinski definition) is 5. The van der Waals surface area contributed by atoms with Crippen LogP contribution in [0.15, 0.2) is 53.3 Å². The van der Waals surface area contributed by atoms with E-state index in [0.29, 0.717) is 23.8 Å². The standard InChI is InChI=1S/C19H18N4O2/c1-13-4-6-14(7-5-13)17-21-18(25-22-17)16-3-2-12-23(16)19(24)15-8-10-20-11-9-15/h4-11,16H,2-3,12H2,1H3/t16-/m0/s1. The third-order valence-electron chi connectivity index (χ3n) is 4.48. The van der Waals surface area contributed by atoms with Crippen molar-refractivity contribution < 1.29 is 9.32 Å². The van der Waals surface area contributed by atoms with E-state index in [1.54, 1.807) is 24.5 Å². The first-order valence-electron chi connectivity index (χ1n) is 8.34. The predicted molar refractivity (Wildman–Crippen MR) is 91.7 cm³/mol. The SMILES string of the molecule is Cc1ccc(-c2noc([C@@H]3CCCN3C(=O)c3ccncc3)n2)cc1. The van der Waals surface area contributed by atoms with Crippen LogP contribution < -0.4 is 0 Å². The highest BCUT2D eigenvalue weighted by molar-refractivity contribution is 5.94. The molecule has 0 saturated carbocycles. The highest BCUT2D eigenvalue weighted by atomic mass is 16.5. The summed E-state index contributed by atoms with van der Waals surface area (Å²) in [6.45, 7) is 2.72. The first kappa shape index (κ1) is 15.5. The maximum atomic E-state index is 12.8. The van der Waals surface area contributed by atoms with Crippen LogP contribution in [-0.4, -0.2) is 32.5 Å². The summed E-state index contributed by atoms with van der Waals surface area (Å²) in [7, 11) is 0. The summed E-state index contributed by atoms with van der Waals surface area (Å²) in [6.07, 6.45) is 5.00. The smallest absolute Gasteiger partial charge is 0.254 e. The number of pyridine rings is 1. The number of aromatic nitrogens is 3. The normalized spacial score (nSPS) is 17.0. The van der Waals surface area contributed by atoms with Crippen molar-refractivity contribution in [2.24, 2.45) is 0 Å². The summed E-state index contributed by atoms with van der Waals surface area (Å²) >= 11 is 0. The molecule has 0 spiro atoms. The van der Waals surface area contributed by atoms with Crippen molar-refractivity contribution in [1.29, 1.82) is 0 Å². The fraction of sp³-hybridized carbons (Fsp3) is 0.263. The van der Waals surface area contributed by atoms with Crippen molar-refractivity contribution in [1.82, 2.24) is 20.0 Å². The van der Waals surface area contributed by atoms with Crippen LogP contribution in [0, 0.1) is 6.92 Å². The number of hydrogen-bond donors (Lipinski definition) is 0. The lowest BCUT2D eigenvalue weighted by atomic mass is 10.1. The second kappa shape index (κ2) is 6.47. The van der Waals surface area contributed by atoms with Gasteiger partial charge in [0.25, 0.3) is 5.91 Å². The quantitative estimate of drug-likeness (QED) is 0.734. The maximum absolute atomic E-state index is 12.8. The predicted octanol–water partition coefficient (Wildman–Crippen LogP) is 3.42. The van der Waals surface area contributed by atoms with E-state index in [1.165, 1.54) is 5.56 Å². The molecule has 3 aromatic rings. The molecule has 25 heavy (non-hydrogen) atoms. The Morgan fingerprint density at radius 3 is 2.68 bits per heavy atom. The average Bonchev–Trinajstić information content (AvgIpc) is 3.31. The second-order valence-electron chi connectivity index (χ2n) is 6.21. The minimum Gasteiger partial charge on any atom is -0.337 e. The van der Waals surface area contributed by atoms with Gasteiger partial charge in [-0.2, -0.15) is 4.98 Å². The largest absolute Gasteiger partial charge is 0.337 e. The molecule has 0 bridgehead atoms.